The zero-order valence-corrected chi connectivity index (χ0v) is 16.7. The number of benzene rings is 2. The lowest BCUT2D eigenvalue weighted by atomic mass is 9.96. The van der Waals surface area contributed by atoms with Gasteiger partial charge in [-0.15, -0.1) is 0 Å². The second-order valence-corrected chi connectivity index (χ2v) is 7.46. The number of halogens is 2. The minimum absolute atomic E-state index is 0.119. The summed E-state index contributed by atoms with van der Waals surface area (Å²) in [4.78, 5) is 9.31. The summed E-state index contributed by atoms with van der Waals surface area (Å²) in [5.41, 5.74) is 4.72. The van der Waals surface area contributed by atoms with Crippen molar-refractivity contribution in [3.05, 3.63) is 63.6 Å². The van der Waals surface area contributed by atoms with Gasteiger partial charge in [-0.05, 0) is 29.8 Å². The third kappa shape index (κ3) is 4.59. The third-order valence-corrected chi connectivity index (χ3v) is 5.45. The second-order valence-electron chi connectivity index (χ2n) is 6.65. The molecule has 6 nitrogen and oxygen atoms in total. The lowest BCUT2D eigenvalue weighted by Crippen LogP contribution is -2.29. The molecule has 0 saturated carbocycles. The van der Waals surface area contributed by atoms with Gasteiger partial charge in [0.2, 0.25) is 0 Å². The average molecular weight is 422 g/mol. The lowest BCUT2D eigenvalue weighted by molar-refractivity contribution is 0.0153. The van der Waals surface area contributed by atoms with Gasteiger partial charge in [0.15, 0.2) is 12.6 Å². The highest BCUT2D eigenvalue weighted by molar-refractivity contribution is 6.42. The lowest BCUT2D eigenvalue weighted by Gasteiger charge is -2.25. The number of aliphatic imine (C=N–C) groups is 1. The number of hydrogen-bond acceptors (Lipinski definition) is 6. The maximum Gasteiger partial charge on any atom is 0.167 e. The van der Waals surface area contributed by atoms with E-state index in [4.69, 9.17) is 37.5 Å². The van der Waals surface area contributed by atoms with E-state index in [0.29, 0.717) is 35.8 Å². The molecule has 0 aliphatic carbocycles. The standard InChI is InChI=1S/C20H21Cl2N3O3/c21-17-5-4-13(9-18(17)22)19-15(10-23-6-7-26-19)11-27-16-3-1-2-14(8-16)20-24-12-28-25-20/h1-5,8-9,15,19,23H,6-7,10-12H2,(H,24,25)/t15-,19-/m0/s1. The van der Waals surface area contributed by atoms with Gasteiger partial charge in [-0.25, -0.2) is 10.5 Å². The van der Waals surface area contributed by atoms with Gasteiger partial charge in [-0.1, -0.05) is 41.4 Å². The van der Waals surface area contributed by atoms with Gasteiger partial charge in [0.05, 0.1) is 29.4 Å². The molecule has 28 heavy (non-hydrogen) atoms. The molecule has 0 radical (unpaired) electrons. The van der Waals surface area contributed by atoms with Crippen molar-refractivity contribution >= 4 is 29.0 Å². The zero-order chi connectivity index (χ0) is 19.3. The van der Waals surface area contributed by atoms with Crippen molar-refractivity contribution in [2.75, 3.05) is 33.0 Å². The summed E-state index contributed by atoms with van der Waals surface area (Å²) in [6.45, 7) is 3.03. The van der Waals surface area contributed by atoms with Gasteiger partial charge in [-0.3, -0.25) is 4.84 Å². The van der Waals surface area contributed by atoms with Crippen LogP contribution in [0.2, 0.25) is 10.0 Å². The molecule has 0 amide bonds. The molecule has 0 spiro atoms. The topological polar surface area (TPSA) is 64.1 Å². The Morgan fingerprint density at radius 1 is 1.14 bits per heavy atom. The number of nitrogens with zero attached hydrogens (tertiary/aromatic N) is 1. The fraction of sp³-hybridized carbons (Fsp3) is 0.350. The number of ether oxygens (including phenoxy) is 2. The van der Waals surface area contributed by atoms with Gasteiger partial charge < -0.3 is 14.8 Å². The quantitative estimate of drug-likeness (QED) is 0.771. The van der Waals surface area contributed by atoms with Crippen LogP contribution in [0, 0.1) is 5.92 Å². The van der Waals surface area contributed by atoms with Crippen molar-refractivity contribution < 1.29 is 14.3 Å². The van der Waals surface area contributed by atoms with Gasteiger partial charge in [0.1, 0.15) is 5.75 Å². The third-order valence-electron chi connectivity index (χ3n) is 4.71. The van der Waals surface area contributed by atoms with Crippen molar-refractivity contribution in [3.8, 4) is 5.75 Å². The Labute approximate surface area is 173 Å². The van der Waals surface area contributed by atoms with Crippen LogP contribution in [0.1, 0.15) is 17.2 Å². The number of rotatable bonds is 5. The van der Waals surface area contributed by atoms with Crippen molar-refractivity contribution in [1.82, 2.24) is 10.8 Å². The molecular formula is C20H21Cl2N3O3. The first-order valence-corrected chi connectivity index (χ1v) is 9.89. The Balaban J connectivity index is 1.48. The van der Waals surface area contributed by atoms with E-state index in [0.717, 1.165) is 30.0 Å². The molecule has 4 rings (SSSR count). The van der Waals surface area contributed by atoms with E-state index in [-0.39, 0.29) is 12.0 Å². The Kier molecular flexibility index (Phi) is 6.34. The maximum atomic E-state index is 6.21. The van der Waals surface area contributed by atoms with Crippen LogP contribution in [-0.4, -0.2) is 38.9 Å². The number of nitrogens with one attached hydrogen (secondary N) is 2. The summed E-state index contributed by atoms with van der Waals surface area (Å²) in [5, 5.41) is 4.47. The first kappa shape index (κ1) is 19.5. The molecule has 2 aromatic carbocycles. The predicted octanol–water partition coefficient (Wildman–Crippen LogP) is 3.59. The Morgan fingerprint density at radius 2 is 2.07 bits per heavy atom. The average Bonchev–Trinajstić information content (AvgIpc) is 3.15. The van der Waals surface area contributed by atoms with Gasteiger partial charge >= 0.3 is 0 Å². The molecule has 2 atom stereocenters. The summed E-state index contributed by atoms with van der Waals surface area (Å²) in [7, 11) is 0. The van der Waals surface area contributed by atoms with Crippen LogP contribution < -0.4 is 15.5 Å². The van der Waals surface area contributed by atoms with Crippen LogP contribution in [0.3, 0.4) is 0 Å². The maximum absolute atomic E-state index is 6.21. The highest BCUT2D eigenvalue weighted by atomic mass is 35.5. The van der Waals surface area contributed by atoms with E-state index in [1.807, 2.05) is 36.4 Å². The van der Waals surface area contributed by atoms with E-state index < -0.39 is 0 Å². The fourth-order valence-corrected chi connectivity index (χ4v) is 3.62. The molecule has 2 aromatic rings. The number of hydroxylamine groups is 1. The zero-order valence-electron chi connectivity index (χ0n) is 15.2. The van der Waals surface area contributed by atoms with E-state index >= 15 is 0 Å². The van der Waals surface area contributed by atoms with Crippen LogP contribution in [0.4, 0.5) is 0 Å². The first-order valence-electron chi connectivity index (χ1n) is 9.13. The second kappa shape index (κ2) is 9.11. The largest absolute Gasteiger partial charge is 0.493 e. The predicted molar refractivity (Wildman–Crippen MR) is 109 cm³/mol. The molecule has 8 heteroatoms. The van der Waals surface area contributed by atoms with Crippen LogP contribution in [0.5, 0.6) is 5.75 Å². The molecule has 2 N–H and O–H groups in total. The van der Waals surface area contributed by atoms with Crippen LogP contribution in [-0.2, 0) is 9.57 Å². The fourth-order valence-electron chi connectivity index (χ4n) is 3.31. The highest BCUT2D eigenvalue weighted by Crippen LogP contribution is 2.32. The molecule has 148 valence electrons. The van der Waals surface area contributed by atoms with Crippen molar-refractivity contribution in [1.29, 1.82) is 0 Å². The molecular weight excluding hydrogens is 401 g/mol. The van der Waals surface area contributed by atoms with E-state index in [1.54, 1.807) is 6.07 Å². The van der Waals surface area contributed by atoms with Crippen molar-refractivity contribution in [2.24, 2.45) is 10.9 Å². The molecule has 0 bridgehead atoms. The molecule has 1 fully saturated rings. The first-order chi connectivity index (χ1) is 13.7. The van der Waals surface area contributed by atoms with Crippen LogP contribution in [0.15, 0.2) is 47.5 Å². The summed E-state index contributed by atoms with van der Waals surface area (Å²) in [5.74, 6) is 1.60. The molecule has 2 aliphatic heterocycles. The summed E-state index contributed by atoms with van der Waals surface area (Å²) < 4.78 is 12.2. The van der Waals surface area contributed by atoms with Gasteiger partial charge in [0.25, 0.3) is 0 Å². The SMILES string of the molecule is Clc1ccc([C@@H]2OCCNC[C@H]2COc2cccc(C3=NCON3)c2)cc1Cl. The molecule has 2 aliphatic rings. The Bertz CT molecular complexity index is 862. The number of hydrogen-bond donors (Lipinski definition) is 2. The van der Waals surface area contributed by atoms with E-state index in [9.17, 15) is 0 Å². The highest BCUT2D eigenvalue weighted by Gasteiger charge is 2.27. The van der Waals surface area contributed by atoms with Gasteiger partial charge in [0, 0.05) is 24.6 Å². The molecule has 2 heterocycles. The minimum Gasteiger partial charge on any atom is -0.493 e. The van der Waals surface area contributed by atoms with Crippen molar-refractivity contribution in [2.45, 2.75) is 6.10 Å². The summed E-state index contributed by atoms with van der Waals surface area (Å²) in [6, 6.07) is 13.4. The van der Waals surface area contributed by atoms with Gasteiger partial charge in [-0.2, -0.15) is 0 Å². The molecule has 1 saturated heterocycles. The monoisotopic (exact) mass is 421 g/mol. The minimum atomic E-state index is -0.123. The van der Waals surface area contributed by atoms with Crippen molar-refractivity contribution in [3.63, 3.8) is 0 Å². The summed E-state index contributed by atoms with van der Waals surface area (Å²) >= 11 is 12.3. The Morgan fingerprint density at radius 3 is 2.89 bits per heavy atom. The number of amidine groups is 1. The van der Waals surface area contributed by atoms with Crippen LogP contribution >= 0.6 is 23.2 Å². The normalized spacial score (nSPS) is 22.3. The molecule has 0 aromatic heterocycles. The van der Waals surface area contributed by atoms with E-state index in [1.165, 1.54) is 0 Å². The van der Waals surface area contributed by atoms with Crippen LogP contribution in [0.25, 0.3) is 0 Å². The molecule has 0 unspecified atom stereocenters. The smallest absolute Gasteiger partial charge is 0.167 e. The van der Waals surface area contributed by atoms with E-state index in [2.05, 4.69) is 15.8 Å². The Hall–Kier alpha value is -1.83. The summed E-state index contributed by atoms with van der Waals surface area (Å²) in [6.07, 6.45) is -0.123.